The quantitative estimate of drug-likeness (QED) is 0.463. The van der Waals surface area contributed by atoms with E-state index in [1.807, 2.05) is 0 Å². The van der Waals surface area contributed by atoms with E-state index >= 15 is 0 Å². The maximum atomic E-state index is 12.3. The maximum Gasteiger partial charge on any atom is 0.534 e. The highest BCUT2D eigenvalue weighted by atomic mass is 32.2. The second-order valence-corrected chi connectivity index (χ2v) is 6.02. The van der Waals surface area contributed by atoms with Gasteiger partial charge in [-0.25, -0.2) is 4.98 Å². The molecule has 130 valence electrons. The van der Waals surface area contributed by atoms with Crippen molar-refractivity contribution in [2.75, 3.05) is 7.11 Å². The van der Waals surface area contributed by atoms with E-state index in [2.05, 4.69) is 20.7 Å². The van der Waals surface area contributed by atoms with Gasteiger partial charge in [-0.3, -0.25) is 0 Å². The SMILES string of the molecule is C=C(/C=c1\c(=C/N)[nH]c2ncc(OC)cc12)OS(=O)(=O)C(F)(F)F. The first kappa shape index (κ1) is 17.7. The number of rotatable bonds is 4. The van der Waals surface area contributed by atoms with Crippen LogP contribution in [0.4, 0.5) is 13.2 Å². The summed E-state index contributed by atoms with van der Waals surface area (Å²) in [6.07, 6.45) is 3.57. The molecule has 0 unspecified atom stereocenters. The van der Waals surface area contributed by atoms with E-state index in [-0.39, 0.29) is 5.22 Å². The molecule has 0 amide bonds. The van der Waals surface area contributed by atoms with Gasteiger partial charge in [-0.15, -0.1) is 0 Å². The lowest BCUT2D eigenvalue weighted by Crippen LogP contribution is -2.27. The molecule has 2 aromatic rings. The van der Waals surface area contributed by atoms with Crippen LogP contribution in [0.2, 0.25) is 0 Å². The topological polar surface area (TPSA) is 107 Å². The van der Waals surface area contributed by atoms with Crippen LogP contribution >= 0.6 is 0 Å². The second-order valence-electron chi connectivity index (χ2n) is 4.48. The molecule has 0 saturated carbocycles. The standard InChI is InChI=1S/C13H12F3N3O4S/c1-7(23-24(20,21)13(14,15)16)3-9-10-4-8(22-2)6-18-12(10)19-11(9)5-17/h3-6H,1,17H2,2H3,(H,18,19)/b9-3-,11-5+. The molecule has 2 heterocycles. The van der Waals surface area contributed by atoms with Crippen LogP contribution in [0.25, 0.3) is 23.3 Å². The highest BCUT2D eigenvalue weighted by molar-refractivity contribution is 7.87. The lowest BCUT2D eigenvalue weighted by molar-refractivity contribution is -0.0518. The number of nitrogens with two attached hydrogens (primary N) is 1. The van der Waals surface area contributed by atoms with Gasteiger partial charge in [-0.2, -0.15) is 21.6 Å². The van der Waals surface area contributed by atoms with Gasteiger partial charge < -0.3 is 19.6 Å². The summed E-state index contributed by atoms with van der Waals surface area (Å²) in [6.45, 7) is 3.18. The van der Waals surface area contributed by atoms with Crippen molar-refractivity contribution in [1.29, 1.82) is 0 Å². The summed E-state index contributed by atoms with van der Waals surface area (Å²) in [7, 11) is -4.40. The van der Waals surface area contributed by atoms with Crippen LogP contribution in [-0.2, 0) is 14.3 Å². The minimum Gasteiger partial charge on any atom is -0.495 e. The van der Waals surface area contributed by atoms with Crippen LogP contribution in [0.5, 0.6) is 5.75 Å². The number of nitrogens with one attached hydrogen (secondary N) is 1. The van der Waals surface area contributed by atoms with E-state index in [1.165, 1.54) is 13.3 Å². The lowest BCUT2D eigenvalue weighted by Gasteiger charge is -2.08. The first-order valence-corrected chi connectivity index (χ1v) is 7.65. The highest BCUT2D eigenvalue weighted by Gasteiger charge is 2.48. The predicted molar refractivity (Wildman–Crippen MR) is 80.2 cm³/mol. The number of hydrogen-bond acceptors (Lipinski definition) is 6. The fraction of sp³-hybridized carbons (Fsp3) is 0.154. The average molecular weight is 363 g/mol. The van der Waals surface area contributed by atoms with Crippen molar-refractivity contribution in [2.24, 2.45) is 5.73 Å². The zero-order valence-electron chi connectivity index (χ0n) is 12.2. The molecule has 0 bridgehead atoms. The second kappa shape index (κ2) is 6.07. The van der Waals surface area contributed by atoms with Gasteiger partial charge in [-0.1, -0.05) is 6.58 Å². The van der Waals surface area contributed by atoms with Crippen molar-refractivity contribution >= 4 is 33.4 Å². The predicted octanol–water partition coefficient (Wildman–Crippen LogP) is 0.429. The summed E-state index contributed by atoms with van der Waals surface area (Å²) < 4.78 is 68.0. The molecule has 0 spiro atoms. The van der Waals surface area contributed by atoms with E-state index in [9.17, 15) is 21.6 Å². The number of halogens is 3. The first-order valence-electron chi connectivity index (χ1n) is 6.24. The molecular formula is C13H12F3N3O4S. The molecule has 3 N–H and O–H groups in total. The number of H-pyrrole nitrogens is 1. The largest absolute Gasteiger partial charge is 0.534 e. The molecule has 0 fully saturated rings. The Morgan fingerprint density at radius 2 is 2.12 bits per heavy atom. The summed E-state index contributed by atoms with van der Waals surface area (Å²) >= 11 is 0. The highest BCUT2D eigenvalue weighted by Crippen LogP contribution is 2.26. The molecule has 11 heteroatoms. The number of aromatic amines is 1. The van der Waals surface area contributed by atoms with Gasteiger partial charge in [0, 0.05) is 16.8 Å². The number of nitrogens with zero attached hydrogens (tertiary/aromatic N) is 1. The lowest BCUT2D eigenvalue weighted by atomic mass is 10.2. The van der Waals surface area contributed by atoms with E-state index in [4.69, 9.17) is 10.5 Å². The van der Waals surface area contributed by atoms with Gasteiger partial charge in [0.2, 0.25) is 0 Å². The zero-order chi connectivity index (χ0) is 18.1. The third-order valence-corrected chi connectivity index (χ3v) is 3.90. The molecule has 0 aliphatic heterocycles. The van der Waals surface area contributed by atoms with Gasteiger partial charge in [0.1, 0.15) is 17.2 Å². The zero-order valence-corrected chi connectivity index (χ0v) is 13.0. The maximum absolute atomic E-state index is 12.3. The molecule has 0 radical (unpaired) electrons. The van der Waals surface area contributed by atoms with Crippen molar-refractivity contribution in [2.45, 2.75) is 5.51 Å². The Balaban J connectivity index is 2.59. The molecule has 2 rings (SSSR count). The van der Waals surface area contributed by atoms with E-state index < -0.39 is 21.4 Å². The van der Waals surface area contributed by atoms with Crippen LogP contribution in [0.15, 0.2) is 24.6 Å². The number of methoxy groups -OCH3 is 1. The first-order chi connectivity index (χ1) is 11.1. The van der Waals surface area contributed by atoms with Crippen LogP contribution in [-0.4, -0.2) is 31.0 Å². The summed E-state index contributed by atoms with van der Waals surface area (Å²) in [4.78, 5) is 6.87. The monoisotopic (exact) mass is 363 g/mol. The molecule has 0 aliphatic carbocycles. The van der Waals surface area contributed by atoms with E-state index in [1.54, 1.807) is 6.07 Å². The molecule has 0 aliphatic rings. The fourth-order valence-corrected chi connectivity index (χ4v) is 2.29. The number of hydrogen-bond donors (Lipinski definition) is 2. The Labute approximate surface area is 134 Å². The molecule has 0 saturated heterocycles. The number of alkyl halides is 3. The average Bonchev–Trinajstić information content (AvgIpc) is 2.82. The van der Waals surface area contributed by atoms with E-state index in [0.717, 1.165) is 12.3 Å². The number of fused-ring (bicyclic) bond motifs is 1. The number of ether oxygens (including phenoxy) is 1. The van der Waals surface area contributed by atoms with Crippen molar-refractivity contribution in [3.63, 3.8) is 0 Å². The third kappa shape index (κ3) is 3.30. The fourth-order valence-electron chi connectivity index (χ4n) is 1.86. The van der Waals surface area contributed by atoms with Gasteiger partial charge in [-0.05, 0) is 12.1 Å². The summed E-state index contributed by atoms with van der Waals surface area (Å²) in [5, 5.41) is 0.974. The van der Waals surface area contributed by atoms with Crippen LogP contribution in [0.1, 0.15) is 0 Å². The Hall–Kier alpha value is -2.69. The molecule has 0 atom stereocenters. The third-order valence-electron chi connectivity index (χ3n) is 2.90. The van der Waals surface area contributed by atoms with Crippen LogP contribution in [0, 0.1) is 0 Å². The number of allylic oxidation sites excluding steroid dienone is 1. The van der Waals surface area contributed by atoms with Gasteiger partial charge in [0.25, 0.3) is 0 Å². The van der Waals surface area contributed by atoms with Crippen molar-refractivity contribution in [3.8, 4) is 5.75 Å². The smallest absolute Gasteiger partial charge is 0.495 e. The van der Waals surface area contributed by atoms with Crippen LogP contribution in [0.3, 0.4) is 0 Å². The van der Waals surface area contributed by atoms with Crippen molar-refractivity contribution in [3.05, 3.63) is 35.2 Å². The summed E-state index contributed by atoms with van der Waals surface area (Å²) in [5.74, 6) is -0.353. The Morgan fingerprint density at radius 3 is 2.67 bits per heavy atom. The minimum atomic E-state index is -5.81. The van der Waals surface area contributed by atoms with Crippen LogP contribution < -0.4 is 21.0 Å². The van der Waals surface area contributed by atoms with Gasteiger partial charge in [0.15, 0.2) is 0 Å². The van der Waals surface area contributed by atoms with Gasteiger partial charge in [0.05, 0.1) is 18.7 Å². The van der Waals surface area contributed by atoms with Crippen molar-refractivity contribution < 1.29 is 30.5 Å². The Bertz CT molecular complexity index is 1010. The number of pyridine rings is 1. The molecule has 0 aromatic carbocycles. The Kier molecular flexibility index (Phi) is 4.47. The molecular weight excluding hydrogens is 351 g/mol. The molecule has 7 nitrogen and oxygen atoms in total. The van der Waals surface area contributed by atoms with Crippen molar-refractivity contribution in [1.82, 2.24) is 9.97 Å². The Morgan fingerprint density at radius 1 is 1.46 bits per heavy atom. The van der Waals surface area contributed by atoms with Gasteiger partial charge >= 0.3 is 15.6 Å². The van der Waals surface area contributed by atoms with E-state index in [0.29, 0.717) is 22.1 Å². The summed E-state index contributed by atoms with van der Waals surface area (Å²) in [5.41, 5.74) is 0.261. The molecule has 24 heavy (non-hydrogen) atoms. The number of aromatic nitrogens is 2. The summed E-state index contributed by atoms with van der Waals surface area (Å²) in [6, 6.07) is 1.54. The minimum absolute atomic E-state index is 0.251. The normalized spacial score (nSPS) is 14.2. The molecule has 2 aromatic heterocycles.